The summed E-state index contributed by atoms with van der Waals surface area (Å²) in [5.74, 6) is 0.184. The summed E-state index contributed by atoms with van der Waals surface area (Å²) in [5, 5.41) is 5.15. The summed E-state index contributed by atoms with van der Waals surface area (Å²) in [4.78, 5) is 53.7. The zero-order chi connectivity index (χ0) is 26.8. The van der Waals surface area contributed by atoms with Gasteiger partial charge in [-0.05, 0) is 50.1 Å². The molecule has 0 fully saturated rings. The van der Waals surface area contributed by atoms with Crippen molar-refractivity contribution in [1.82, 2.24) is 29.6 Å². The fraction of sp³-hybridized carbons (Fsp3) is 0.276. The number of ketones is 2. The van der Waals surface area contributed by atoms with Crippen LogP contribution in [0.15, 0.2) is 60.9 Å². The Morgan fingerprint density at radius 1 is 1.00 bits per heavy atom. The summed E-state index contributed by atoms with van der Waals surface area (Å²) >= 11 is 0. The fourth-order valence-electron chi connectivity index (χ4n) is 4.74. The summed E-state index contributed by atoms with van der Waals surface area (Å²) < 4.78 is 1.55. The number of benzene rings is 1. The molecule has 0 aliphatic carbocycles. The number of aromatic nitrogens is 5. The Morgan fingerprint density at radius 2 is 1.79 bits per heavy atom. The maximum Gasteiger partial charge on any atom is 0.245 e. The molecule has 9 heteroatoms. The minimum absolute atomic E-state index is 0.0551. The zero-order valence-electron chi connectivity index (χ0n) is 21.6. The molecule has 1 aliphatic rings. The molecule has 192 valence electrons. The normalized spacial score (nSPS) is 15.1. The number of pyridine rings is 1. The van der Waals surface area contributed by atoms with Gasteiger partial charge in [0, 0.05) is 48.2 Å². The Labute approximate surface area is 220 Å². The van der Waals surface area contributed by atoms with Crippen LogP contribution in [-0.4, -0.2) is 59.7 Å². The molecule has 3 aromatic heterocycles. The highest BCUT2D eigenvalue weighted by molar-refractivity contribution is 6.06. The number of Topliss-reactive ketones (excluding diaryl/α,β-unsaturated/α-hetero) is 2. The second kappa shape index (κ2) is 10.5. The predicted octanol–water partition coefficient (Wildman–Crippen LogP) is 3.68. The quantitative estimate of drug-likeness (QED) is 0.277. The summed E-state index contributed by atoms with van der Waals surface area (Å²) in [6.45, 7) is 5.41. The Morgan fingerprint density at radius 3 is 2.53 bits per heavy atom. The Balaban J connectivity index is 1.41. The average molecular weight is 509 g/mol. The zero-order valence-corrected chi connectivity index (χ0v) is 21.6. The number of nitrogens with zero attached hydrogens (tertiary/aromatic N) is 6. The smallest absolute Gasteiger partial charge is 0.245 e. The van der Waals surface area contributed by atoms with Crippen molar-refractivity contribution >= 4 is 28.4 Å². The molecular formula is C29H28N6O3. The van der Waals surface area contributed by atoms with Crippen LogP contribution in [0.2, 0.25) is 0 Å². The van der Waals surface area contributed by atoms with Crippen LogP contribution < -0.4 is 0 Å². The highest BCUT2D eigenvalue weighted by Crippen LogP contribution is 2.27. The number of carbonyl (C=O) groups excluding carboxylic acids is 3. The van der Waals surface area contributed by atoms with Crippen molar-refractivity contribution in [3.63, 3.8) is 0 Å². The van der Waals surface area contributed by atoms with E-state index >= 15 is 0 Å². The van der Waals surface area contributed by atoms with E-state index in [1.165, 1.54) is 6.92 Å². The van der Waals surface area contributed by atoms with Crippen molar-refractivity contribution in [2.24, 2.45) is 0 Å². The topological polar surface area (TPSA) is 111 Å². The van der Waals surface area contributed by atoms with E-state index in [9.17, 15) is 14.4 Å². The molecule has 0 spiro atoms. The van der Waals surface area contributed by atoms with E-state index in [-0.39, 0.29) is 30.4 Å². The van der Waals surface area contributed by atoms with Crippen molar-refractivity contribution in [2.75, 3.05) is 6.54 Å². The molecular weight excluding hydrogens is 480 g/mol. The van der Waals surface area contributed by atoms with E-state index < -0.39 is 6.04 Å². The molecule has 0 saturated heterocycles. The molecule has 0 radical (unpaired) electrons. The van der Waals surface area contributed by atoms with Gasteiger partial charge >= 0.3 is 0 Å². The molecule has 0 N–H and O–H groups in total. The number of hydrogen-bond donors (Lipinski definition) is 0. The number of amides is 1. The van der Waals surface area contributed by atoms with Crippen molar-refractivity contribution in [3.8, 4) is 11.1 Å². The molecule has 4 aromatic rings. The summed E-state index contributed by atoms with van der Waals surface area (Å²) in [5.41, 5.74) is 4.16. The lowest BCUT2D eigenvalue weighted by Gasteiger charge is -2.32. The summed E-state index contributed by atoms with van der Waals surface area (Å²) in [6, 6.07) is 10.6. The number of carbonyl (C=O) groups is 3. The third kappa shape index (κ3) is 5.13. The first kappa shape index (κ1) is 25.1. The van der Waals surface area contributed by atoms with Crippen LogP contribution in [0.5, 0.6) is 0 Å². The molecule has 1 atom stereocenters. The lowest BCUT2D eigenvalue weighted by molar-refractivity contribution is -0.139. The minimum atomic E-state index is -0.572. The molecule has 1 amide bonds. The predicted molar refractivity (Wildman–Crippen MR) is 142 cm³/mol. The standard InChI is InChI=1S/C29H28N6O3/c1-18-7-6-8-23(32-18)14-27(37)26-9-4-5-12-34(26)28(38)17-35-25-11-10-21(22-15-30-20(3)31-16-22)13-24(25)29(33-35)19(2)36/h4-8,10-11,13,15-16,26H,9,12,14,17H2,1-3H3. The third-order valence-corrected chi connectivity index (χ3v) is 6.68. The molecule has 0 saturated carbocycles. The Kier molecular flexibility index (Phi) is 6.91. The van der Waals surface area contributed by atoms with E-state index in [2.05, 4.69) is 20.1 Å². The maximum absolute atomic E-state index is 13.5. The van der Waals surface area contributed by atoms with Gasteiger partial charge in [-0.1, -0.05) is 24.3 Å². The number of hydrogen-bond acceptors (Lipinski definition) is 7. The van der Waals surface area contributed by atoms with E-state index in [0.29, 0.717) is 41.1 Å². The fourth-order valence-corrected chi connectivity index (χ4v) is 4.74. The van der Waals surface area contributed by atoms with Crippen LogP contribution in [0.4, 0.5) is 0 Å². The third-order valence-electron chi connectivity index (χ3n) is 6.68. The molecule has 0 bridgehead atoms. The van der Waals surface area contributed by atoms with Gasteiger partial charge < -0.3 is 4.90 Å². The van der Waals surface area contributed by atoms with Crippen molar-refractivity contribution in [2.45, 2.75) is 46.2 Å². The lowest BCUT2D eigenvalue weighted by Crippen LogP contribution is -2.48. The van der Waals surface area contributed by atoms with Crippen molar-refractivity contribution < 1.29 is 14.4 Å². The monoisotopic (exact) mass is 508 g/mol. The van der Waals surface area contributed by atoms with Gasteiger partial charge in [-0.15, -0.1) is 0 Å². The number of rotatable bonds is 7. The first-order valence-corrected chi connectivity index (χ1v) is 12.5. The first-order valence-electron chi connectivity index (χ1n) is 12.5. The van der Waals surface area contributed by atoms with E-state index in [1.807, 2.05) is 62.4 Å². The second-order valence-electron chi connectivity index (χ2n) is 9.50. The van der Waals surface area contributed by atoms with E-state index in [1.54, 1.807) is 22.0 Å². The van der Waals surface area contributed by atoms with Crippen LogP contribution >= 0.6 is 0 Å². The minimum Gasteiger partial charge on any atom is -0.327 e. The van der Waals surface area contributed by atoms with Gasteiger partial charge in [0.25, 0.3) is 0 Å². The largest absolute Gasteiger partial charge is 0.327 e. The SMILES string of the molecule is CC(=O)c1nn(CC(=O)N2CC=CCC2C(=O)Cc2cccc(C)n2)c2ccc(-c3cnc(C)nc3)cc12. The van der Waals surface area contributed by atoms with Crippen LogP contribution in [0.1, 0.15) is 41.0 Å². The van der Waals surface area contributed by atoms with Gasteiger partial charge in [0.15, 0.2) is 11.6 Å². The molecule has 1 aliphatic heterocycles. The number of aryl methyl sites for hydroxylation is 2. The Bertz CT molecular complexity index is 1570. The molecule has 5 rings (SSSR count). The molecule has 38 heavy (non-hydrogen) atoms. The molecule has 1 unspecified atom stereocenters. The highest BCUT2D eigenvalue weighted by Gasteiger charge is 2.31. The maximum atomic E-state index is 13.5. The number of fused-ring (bicyclic) bond motifs is 1. The lowest BCUT2D eigenvalue weighted by atomic mass is 9.99. The van der Waals surface area contributed by atoms with Crippen LogP contribution in [0, 0.1) is 13.8 Å². The van der Waals surface area contributed by atoms with Gasteiger partial charge in [-0.25, -0.2) is 9.97 Å². The van der Waals surface area contributed by atoms with Gasteiger partial charge in [0.1, 0.15) is 18.1 Å². The molecule has 4 heterocycles. The molecule has 9 nitrogen and oxygen atoms in total. The van der Waals surface area contributed by atoms with Crippen molar-refractivity contribution in [1.29, 1.82) is 0 Å². The summed E-state index contributed by atoms with van der Waals surface area (Å²) in [6.07, 6.45) is 7.91. The molecule has 1 aromatic carbocycles. The highest BCUT2D eigenvalue weighted by atomic mass is 16.2. The van der Waals surface area contributed by atoms with Gasteiger partial charge in [0.2, 0.25) is 5.91 Å². The second-order valence-corrected chi connectivity index (χ2v) is 9.50. The van der Waals surface area contributed by atoms with Gasteiger partial charge in [0.05, 0.1) is 18.0 Å². The van der Waals surface area contributed by atoms with Gasteiger partial charge in [-0.3, -0.25) is 24.0 Å². The van der Waals surface area contributed by atoms with Crippen molar-refractivity contribution in [3.05, 3.63) is 83.9 Å². The van der Waals surface area contributed by atoms with E-state index in [0.717, 1.165) is 16.8 Å². The first-order chi connectivity index (χ1) is 18.3. The van der Waals surface area contributed by atoms with Crippen LogP contribution in [0.25, 0.3) is 22.0 Å². The van der Waals surface area contributed by atoms with Gasteiger partial charge in [-0.2, -0.15) is 5.10 Å². The van der Waals surface area contributed by atoms with Crippen LogP contribution in [-0.2, 0) is 22.6 Å². The Hall–Kier alpha value is -4.53. The van der Waals surface area contributed by atoms with E-state index in [4.69, 9.17) is 0 Å². The van der Waals surface area contributed by atoms with Crippen LogP contribution in [0.3, 0.4) is 0 Å². The average Bonchev–Trinajstić information content (AvgIpc) is 3.27. The summed E-state index contributed by atoms with van der Waals surface area (Å²) in [7, 11) is 0.